The van der Waals surface area contributed by atoms with E-state index in [2.05, 4.69) is 15.3 Å². The van der Waals surface area contributed by atoms with Crippen molar-refractivity contribution in [2.75, 3.05) is 6.54 Å². The lowest BCUT2D eigenvalue weighted by atomic mass is 9.99. The quantitative estimate of drug-likeness (QED) is 0.395. The number of hydrogen-bond donors (Lipinski definition) is 3. The lowest BCUT2D eigenvalue weighted by Crippen LogP contribution is -2.36. The maximum Gasteiger partial charge on any atom is 0.335 e. The number of carbonyl (C=O) groups is 3. The smallest absolute Gasteiger partial charge is 0.335 e. The predicted octanol–water partition coefficient (Wildman–Crippen LogP) is 2.91. The minimum absolute atomic E-state index is 0.105. The lowest BCUT2D eigenvalue weighted by Gasteiger charge is -2.29. The second-order valence-corrected chi connectivity index (χ2v) is 8.59. The molecule has 0 bridgehead atoms. The molecule has 10 heteroatoms. The SMILES string of the molecule is Cc1cc(CNC(=O)c2ncncc2CN(CC(N)=O)[C@@H](C)c2ccc(C(=O)O)c(C)c2)ccc1F. The van der Waals surface area contributed by atoms with Crippen molar-refractivity contribution in [2.45, 2.75) is 39.9 Å². The lowest BCUT2D eigenvalue weighted by molar-refractivity contribution is -0.119. The first kappa shape index (κ1) is 26.4. The number of benzene rings is 2. The van der Waals surface area contributed by atoms with Gasteiger partial charge in [0.15, 0.2) is 0 Å². The van der Waals surface area contributed by atoms with Crippen LogP contribution in [0.2, 0.25) is 0 Å². The van der Waals surface area contributed by atoms with Gasteiger partial charge in [-0.15, -0.1) is 0 Å². The number of hydrogen-bond acceptors (Lipinski definition) is 6. The zero-order valence-corrected chi connectivity index (χ0v) is 20.3. The summed E-state index contributed by atoms with van der Waals surface area (Å²) in [6.45, 7) is 5.43. The number of nitrogens with zero attached hydrogens (tertiary/aromatic N) is 3. The molecule has 3 aromatic rings. The van der Waals surface area contributed by atoms with Crippen molar-refractivity contribution < 1.29 is 23.9 Å². The van der Waals surface area contributed by atoms with Gasteiger partial charge in [-0.3, -0.25) is 14.5 Å². The molecule has 1 heterocycles. The standard InChI is InChI=1S/C26H28FN5O4/c1-15-9-19(5-6-21(15)26(35)36)17(3)32(13-23(28)33)12-20-11-29-14-31-24(20)25(34)30-10-18-4-7-22(27)16(2)8-18/h4-9,11,14,17H,10,12-13H2,1-3H3,(H2,28,33)(H,30,34)(H,35,36)/t17-/m0/s1. The summed E-state index contributed by atoms with van der Waals surface area (Å²) in [5, 5.41) is 12.1. The molecule has 4 N–H and O–H groups in total. The van der Waals surface area contributed by atoms with Gasteiger partial charge in [-0.2, -0.15) is 0 Å². The first-order valence-electron chi connectivity index (χ1n) is 11.2. The second-order valence-electron chi connectivity index (χ2n) is 8.59. The van der Waals surface area contributed by atoms with Crippen molar-refractivity contribution in [3.8, 4) is 0 Å². The number of halogens is 1. The molecular weight excluding hydrogens is 465 g/mol. The van der Waals surface area contributed by atoms with Gasteiger partial charge < -0.3 is 16.2 Å². The van der Waals surface area contributed by atoms with E-state index in [-0.39, 0.29) is 42.8 Å². The number of primary amides is 1. The van der Waals surface area contributed by atoms with Crippen LogP contribution < -0.4 is 11.1 Å². The van der Waals surface area contributed by atoms with Gasteiger partial charge in [-0.1, -0.05) is 24.3 Å². The van der Waals surface area contributed by atoms with Gasteiger partial charge in [0.05, 0.1) is 12.1 Å². The number of nitrogens with one attached hydrogen (secondary N) is 1. The van der Waals surface area contributed by atoms with Crippen LogP contribution in [0.3, 0.4) is 0 Å². The Morgan fingerprint density at radius 3 is 2.53 bits per heavy atom. The average Bonchev–Trinajstić information content (AvgIpc) is 2.83. The zero-order chi connectivity index (χ0) is 26.4. The fourth-order valence-corrected chi connectivity index (χ4v) is 3.91. The monoisotopic (exact) mass is 493 g/mol. The van der Waals surface area contributed by atoms with Crippen LogP contribution in [0.1, 0.15) is 61.6 Å². The number of carboxylic acid groups (broad SMARTS) is 1. The Labute approximate surface area is 208 Å². The highest BCUT2D eigenvalue weighted by Gasteiger charge is 2.23. The highest BCUT2D eigenvalue weighted by atomic mass is 19.1. The van der Waals surface area contributed by atoms with Crippen LogP contribution >= 0.6 is 0 Å². The van der Waals surface area contributed by atoms with Crippen LogP contribution in [0, 0.1) is 19.7 Å². The van der Waals surface area contributed by atoms with Crippen LogP contribution in [-0.2, 0) is 17.9 Å². The van der Waals surface area contributed by atoms with Gasteiger partial charge in [-0.25, -0.2) is 19.2 Å². The summed E-state index contributed by atoms with van der Waals surface area (Å²) in [5.41, 5.74) is 8.90. The van der Waals surface area contributed by atoms with Gasteiger partial charge in [0.1, 0.15) is 17.8 Å². The summed E-state index contributed by atoms with van der Waals surface area (Å²) in [7, 11) is 0. The van der Waals surface area contributed by atoms with E-state index < -0.39 is 17.8 Å². The molecule has 188 valence electrons. The van der Waals surface area contributed by atoms with Crippen LogP contribution in [0.15, 0.2) is 48.9 Å². The molecule has 0 spiro atoms. The van der Waals surface area contributed by atoms with Gasteiger partial charge in [0.2, 0.25) is 5.91 Å². The third kappa shape index (κ3) is 6.48. The number of carbonyl (C=O) groups excluding carboxylic acids is 2. The van der Waals surface area contributed by atoms with Crippen LogP contribution in [-0.4, -0.2) is 44.3 Å². The summed E-state index contributed by atoms with van der Waals surface area (Å²) in [6.07, 6.45) is 2.76. The summed E-state index contributed by atoms with van der Waals surface area (Å²) in [4.78, 5) is 46.1. The number of aromatic nitrogens is 2. The van der Waals surface area contributed by atoms with E-state index in [1.165, 1.54) is 24.7 Å². The van der Waals surface area contributed by atoms with Crippen molar-refractivity contribution in [3.63, 3.8) is 0 Å². The van der Waals surface area contributed by atoms with Crippen LogP contribution in [0.5, 0.6) is 0 Å². The second kappa shape index (κ2) is 11.5. The number of aromatic carboxylic acids is 1. The van der Waals surface area contributed by atoms with E-state index in [1.54, 1.807) is 43.0 Å². The number of amides is 2. The van der Waals surface area contributed by atoms with E-state index in [1.807, 2.05) is 6.92 Å². The van der Waals surface area contributed by atoms with E-state index in [9.17, 15) is 23.9 Å². The normalized spacial score (nSPS) is 11.8. The molecule has 1 aromatic heterocycles. The van der Waals surface area contributed by atoms with Gasteiger partial charge in [0.25, 0.3) is 5.91 Å². The molecule has 3 rings (SSSR count). The van der Waals surface area contributed by atoms with E-state index in [4.69, 9.17) is 5.73 Å². The van der Waals surface area contributed by atoms with Gasteiger partial charge in [0, 0.05) is 30.9 Å². The van der Waals surface area contributed by atoms with E-state index in [0.717, 1.165) is 11.1 Å². The molecule has 9 nitrogen and oxygen atoms in total. The summed E-state index contributed by atoms with van der Waals surface area (Å²) in [6, 6.07) is 9.23. The first-order valence-corrected chi connectivity index (χ1v) is 11.2. The molecule has 0 radical (unpaired) electrons. The molecule has 0 saturated carbocycles. The maximum absolute atomic E-state index is 13.5. The number of aryl methyl sites for hydroxylation is 2. The summed E-state index contributed by atoms with van der Waals surface area (Å²) in [5.74, 6) is -2.34. The summed E-state index contributed by atoms with van der Waals surface area (Å²) < 4.78 is 13.5. The Balaban J connectivity index is 1.82. The van der Waals surface area contributed by atoms with E-state index >= 15 is 0 Å². The summed E-state index contributed by atoms with van der Waals surface area (Å²) >= 11 is 0. The number of carboxylic acids is 1. The zero-order valence-electron chi connectivity index (χ0n) is 20.3. The maximum atomic E-state index is 13.5. The Morgan fingerprint density at radius 1 is 1.14 bits per heavy atom. The Morgan fingerprint density at radius 2 is 1.89 bits per heavy atom. The highest BCUT2D eigenvalue weighted by molar-refractivity contribution is 5.93. The Bertz CT molecular complexity index is 1300. The minimum atomic E-state index is -1.02. The molecule has 36 heavy (non-hydrogen) atoms. The molecule has 2 aromatic carbocycles. The minimum Gasteiger partial charge on any atom is -0.478 e. The van der Waals surface area contributed by atoms with Crippen LogP contribution in [0.4, 0.5) is 4.39 Å². The van der Waals surface area contributed by atoms with Gasteiger partial charge in [-0.05, 0) is 55.2 Å². The number of nitrogens with two attached hydrogens (primary N) is 1. The molecule has 0 unspecified atom stereocenters. The third-order valence-electron chi connectivity index (χ3n) is 5.92. The van der Waals surface area contributed by atoms with Crippen molar-refractivity contribution in [3.05, 3.63) is 93.8 Å². The van der Waals surface area contributed by atoms with Crippen molar-refractivity contribution in [2.24, 2.45) is 5.73 Å². The molecule has 2 amide bonds. The largest absolute Gasteiger partial charge is 0.478 e. The van der Waals surface area contributed by atoms with Crippen molar-refractivity contribution in [1.29, 1.82) is 0 Å². The fraction of sp³-hybridized carbons (Fsp3) is 0.269. The predicted molar refractivity (Wildman–Crippen MR) is 130 cm³/mol. The molecule has 0 saturated heterocycles. The first-order chi connectivity index (χ1) is 17.1. The Hall–Kier alpha value is -4.18. The molecule has 0 aliphatic heterocycles. The third-order valence-corrected chi connectivity index (χ3v) is 5.92. The molecule has 0 aliphatic carbocycles. The molecule has 0 fully saturated rings. The van der Waals surface area contributed by atoms with Crippen molar-refractivity contribution in [1.82, 2.24) is 20.2 Å². The molecular formula is C26H28FN5O4. The number of rotatable bonds is 10. The average molecular weight is 494 g/mol. The Kier molecular flexibility index (Phi) is 8.44. The van der Waals surface area contributed by atoms with Gasteiger partial charge >= 0.3 is 5.97 Å². The molecule has 1 atom stereocenters. The van der Waals surface area contributed by atoms with Crippen molar-refractivity contribution >= 4 is 17.8 Å². The topological polar surface area (TPSA) is 139 Å². The fourth-order valence-electron chi connectivity index (χ4n) is 3.91. The molecule has 0 aliphatic rings. The highest BCUT2D eigenvalue weighted by Crippen LogP contribution is 2.25. The van der Waals surface area contributed by atoms with E-state index in [0.29, 0.717) is 16.7 Å². The van der Waals surface area contributed by atoms with Crippen LogP contribution in [0.25, 0.3) is 0 Å².